The van der Waals surface area contributed by atoms with Gasteiger partial charge in [0.2, 0.25) is 0 Å². The highest BCUT2D eigenvalue weighted by molar-refractivity contribution is 7.79. The molecular formula is C29H21NO5S. The summed E-state index contributed by atoms with van der Waals surface area (Å²) in [6, 6.07) is 30.3. The van der Waals surface area contributed by atoms with E-state index in [1.807, 2.05) is 54.6 Å². The molecule has 0 saturated heterocycles. The fraction of sp³-hybridized carbons (Fsp3) is 0.0345. The zero-order valence-electron chi connectivity index (χ0n) is 19.0. The van der Waals surface area contributed by atoms with Crippen LogP contribution in [0, 0.1) is 0 Å². The monoisotopic (exact) mass is 495 g/mol. The number of aromatic carboxylic acids is 1. The van der Waals surface area contributed by atoms with Gasteiger partial charge in [-0.05, 0) is 47.0 Å². The van der Waals surface area contributed by atoms with Crippen molar-refractivity contribution in [3.63, 3.8) is 0 Å². The summed E-state index contributed by atoms with van der Waals surface area (Å²) in [5, 5.41) is 9.38. The van der Waals surface area contributed by atoms with Crippen LogP contribution in [0.1, 0.15) is 32.6 Å². The molecule has 1 atom stereocenters. The molecule has 1 aliphatic rings. The minimum Gasteiger partial charge on any atom is -0.478 e. The Bertz CT molecular complexity index is 1530. The van der Waals surface area contributed by atoms with Crippen LogP contribution in [-0.4, -0.2) is 25.7 Å². The van der Waals surface area contributed by atoms with E-state index in [1.165, 1.54) is 6.07 Å². The van der Waals surface area contributed by atoms with Crippen LogP contribution < -0.4 is 4.90 Å². The summed E-state index contributed by atoms with van der Waals surface area (Å²) < 4.78 is 21.0. The maximum absolute atomic E-state index is 14.0. The molecule has 0 saturated carbocycles. The molecule has 1 heterocycles. The Morgan fingerprint density at radius 2 is 1.42 bits per heavy atom. The van der Waals surface area contributed by atoms with Crippen molar-refractivity contribution in [2.75, 3.05) is 4.90 Å². The second kappa shape index (κ2) is 9.73. The summed E-state index contributed by atoms with van der Waals surface area (Å²) in [5.41, 5.74) is 5.18. The molecule has 1 aliphatic heterocycles. The summed E-state index contributed by atoms with van der Waals surface area (Å²) >= 11 is -2.11. The topological polar surface area (TPSA) is 94.9 Å². The summed E-state index contributed by atoms with van der Waals surface area (Å²) in [6.45, 7) is 0.213. The van der Waals surface area contributed by atoms with Gasteiger partial charge in [0, 0.05) is 11.1 Å². The van der Waals surface area contributed by atoms with Crippen LogP contribution in [0.5, 0.6) is 0 Å². The third kappa shape index (κ3) is 4.37. The molecular weight excluding hydrogens is 474 g/mol. The molecule has 0 radical (unpaired) electrons. The Kier molecular flexibility index (Phi) is 6.33. The largest absolute Gasteiger partial charge is 0.478 e. The van der Waals surface area contributed by atoms with E-state index < -0.39 is 17.0 Å². The van der Waals surface area contributed by atoms with Gasteiger partial charge in [0.25, 0.3) is 5.91 Å². The maximum Gasteiger partial charge on any atom is 0.335 e. The molecule has 1 amide bonds. The van der Waals surface area contributed by atoms with E-state index in [0.717, 1.165) is 22.4 Å². The average Bonchev–Trinajstić information content (AvgIpc) is 3.16. The van der Waals surface area contributed by atoms with Gasteiger partial charge < -0.3 is 14.6 Å². The van der Waals surface area contributed by atoms with Crippen LogP contribution >= 0.6 is 0 Å². The lowest BCUT2D eigenvalue weighted by molar-refractivity contribution is -0.113. The lowest BCUT2D eigenvalue weighted by Gasteiger charge is -2.18. The first-order valence-corrected chi connectivity index (χ1v) is 12.3. The van der Waals surface area contributed by atoms with Crippen LogP contribution in [0.15, 0.2) is 108 Å². The lowest BCUT2D eigenvalue weighted by Crippen LogP contribution is -2.26. The molecule has 0 spiro atoms. The lowest BCUT2D eigenvalue weighted by atomic mass is 9.90. The highest BCUT2D eigenvalue weighted by atomic mass is 32.2. The number of carbonyl (C=O) groups is 2. The molecule has 0 bridgehead atoms. The number of anilines is 1. The van der Waals surface area contributed by atoms with Crippen LogP contribution in [0.25, 0.3) is 11.1 Å². The fourth-order valence-corrected chi connectivity index (χ4v) is 4.83. The number of para-hydroxylation sites is 1. The summed E-state index contributed by atoms with van der Waals surface area (Å²) in [4.78, 5) is 27.4. The highest BCUT2D eigenvalue weighted by Gasteiger charge is 2.35. The van der Waals surface area contributed by atoms with E-state index >= 15 is 0 Å². The van der Waals surface area contributed by atoms with Gasteiger partial charge in [-0.25, -0.2) is 9.00 Å². The average molecular weight is 496 g/mol. The van der Waals surface area contributed by atoms with Crippen LogP contribution in [0.3, 0.4) is 0 Å². The van der Waals surface area contributed by atoms with Crippen LogP contribution in [0.2, 0.25) is 0 Å². The normalized spacial score (nSPS) is 14.9. The van der Waals surface area contributed by atoms with Crippen molar-refractivity contribution < 1.29 is 23.5 Å². The molecule has 4 aromatic carbocycles. The van der Waals surface area contributed by atoms with Crippen molar-refractivity contribution in [1.29, 1.82) is 0 Å². The first kappa shape index (κ1) is 23.4. The second-order valence-electron chi connectivity index (χ2n) is 8.30. The van der Waals surface area contributed by atoms with Gasteiger partial charge in [-0.15, -0.1) is 0 Å². The molecule has 36 heavy (non-hydrogen) atoms. The number of fused-ring (bicyclic) bond motifs is 1. The van der Waals surface area contributed by atoms with Crippen molar-refractivity contribution in [2.24, 2.45) is 0 Å². The number of rotatable bonds is 6. The Hall–Kier alpha value is -4.33. The first-order valence-electron chi connectivity index (χ1n) is 11.2. The number of amides is 1. The van der Waals surface area contributed by atoms with E-state index in [1.54, 1.807) is 47.4 Å². The van der Waals surface area contributed by atoms with Gasteiger partial charge in [-0.2, -0.15) is 0 Å². The Balaban J connectivity index is 1.68. The van der Waals surface area contributed by atoms with Gasteiger partial charge in [0.05, 0.1) is 28.3 Å². The van der Waals surface area contributed by atoms with E-state index in [0.29, 0.717) is 16.7 Å². The summed E-state index contributed by atoms with van der Waals surface area (Å²) in [5.74, 6) is -1.23. The molecule has 7 heteroatoms. The first-order chi connectivity index (χ1) is 17.4. The molecule has 0 aromatic heterocycles. The highest BCUT2D eigenvalue weighted by Crippen LogP contribution is 2.43. The van der Waals surface area contributed by atoms with Gasteiger partial charge in [0.15, 0.2) is 11.1 Å². The number of carbonyl (C=O) groups excluding carboxylic acids is 1. The third-order valence-electron chi connectivity index (χ3n) is 6.09. The number of nitrogens with zero attached hydrogens (tertiary/aromatic N) is 1. The molecule has 0 fully saturated rings. The summed E-state index contributed by atoms with van der Waals surface area (Å²) in [7, 11) is 0. The SMILES string of the molecule is O=C(O)c1cccc(CN2C(=O)C(=C(c3ccccc3)c3ccc(S(=O)O)cc3)c3ccccc32)c1. The molecule has 2 N–H and O–H groups in total. The number of benzene rings is 4. The van der Waals surface area contributed by atoms with Crippen molar-refractivity contribution in [3.05, 3.63) is 131 Å². The molecule has 6 nitrogen and oxygen atoms in total. The van der Waals surface area contributed by atoms with E-state index in [4.69, 9.17) is 0 Å². The van der Waals surface area contributed by atoms with Crippen molar-refractivity contribution in [3.8, 4) is 0 Å². The minimum absolute atomic E-state index is 0.162. The Morgan fingerprint density at radius 1 is 0.778 bits per heavy atom. The number of hydrogen-bond acceptors (Lipinski definition) is 3. The zero-order valence-corrected chi connectivity index (χ0v) is 19.8. The number of carboxylic acids is 1. The zero-order chi connectivity index (χ0) is 25.2. The van der Waals surface area contributed by atoms with E-state index in [2.05, 4.69) is 0 Å². The van der Waals surface area contributed by atoms with Crippen molar-refractivity contribution in [1.82, 2.24) is 0 Å². The Morgan fingerprint density at radius 3 is 2.11 bits per heavy atom. The molecule has 0 aliphatic carbocycles. The maximum atomic E-state index is 14.0. The second-order valence-corrected chi connectivity index (χ2v) is 9.27. The molecule has 4 aromatic rings. The third-order valence-corrected chi connectivity index (χ3v) is 6.77. The van der Waals surface area contributed by atoms with Gasteiger partial charge in [0.1, 0.15) is 0 Å². The van der Waals surface area contributed by atoms with E-state index in [9.17, 15) is 23.5 Å². The van der Waals surface area contributed by atoms with Gasteiger partial charge >= 0.3 is 5.97 Å². The number of hydrogen-bond donors (Lipinski definition) is 2. The van der Waals surface area contributed by atoms with Crippen LogP contribution in [0.4, 0.5) is 5.69 Å². The summed E-state index contributed by atoms with van der Waals surface area (Å²) in [6.07, 6.45) is 0. The number of carboxylic acid groups (broad SMARTS) is 1. The van der Waals surface area contributed by atoms with Gasteiger partial charge in [-0.3, -0.25) is 4.79 Å². The van der Waals surface area contributed by atoms with Gasteiger partial charge in [-0.1, -0.05) is 72.8 Å². The Labute approximate surface area is 210 Å². The molecule has 5 rings (SSSR count). The molecule has 1 unspecified atom stereocenters. The predicted molar refractivity (Wildman–Crippen MR) is 139 cm³/mol. The van der Waals surface area contributed by atoms with E-state index in [-0.39, 0.29) is 22.9 Å². The van der Waals surface area contributed by atoms with Crippen molar-refractivity contribution >= 4 is 39.8 Å². The van der Waals surface area contributed by atoms with Crippen molar-refractivity contribution in [2.45, 2.75) is 11.4 Å². The van der Waals surface area contributed by atoms with Crippen LogP contribution in [-0.2, 0) is 22.4 Å². The predicted octanol–water partition coefficient (Wildman–Crippen LogP) is 5.47. The molecule has 178 valence electrons. The minimum atomic E-state index is -2.11. The standard InChI is InChI=1S/C29H21NO5S/c31-28-27(26(20-8-2-1-3-9-20)21-13-15-23(16-14-21)36(34)35)24-11-4-5-12-25(24)30(28)18-19-7-6-10-22(17-19)29(32)33/h1-17H,18H2,(H,32,33)(H,34,35). The quantitative estimate of drug-likeness (QED) is 0.273. The smallest absolute Gasteiger partial charge is 0.335 e. The fourth-order valence-electron chi connectivity index (χ4n) is 4.46.